The first-order valence-electron chi connectivity index (χ1n) is 7.13. The Bertz CT molecular complexity index is 447. The van der Waals surface area contributed by atoms with Crippen LogP contribution in [0.4, 0.5) is 0 Å². The summed E-state index contributed by atoms with van der Waals surface area (Å²) in [6, 6.07) is 7.59. The van der Waals surface area contributed by atoms with E-state index in [0.29, 0.717) is 29.8 Å². The standard InChI is InChI=1S/C15H21ClN2O2/c1-2-13(20-14-8-4-3-7-12(14)16)15(19)18-10-11-6-5-9-17-11/h3-4,7-8,11,13,17H,2,5-6,9-10H2,1H3,(H,18,19). The Morgan fingerprint density at radius 2 is 2.35 bits per heavy atom. The Hall–Kier alpha value is -1.26. The van der Waals surface area contributed by atoms with Gasteiger partial charge in [0, 0.05) is 12.6 Å². The van der Waals surface area contributed by atoms with Gasteiger partial charge in [0.25, 0.3) is 5.91 Å². The molecule has 1 saturated heterocycles. The SMILES string of the molecule is CCC(Oc1ccccc1Cl)C(=O)NCC1CCCN1. The lowest BCUT2D eigenvalue weighted by molar-refractivity contribution is -0.128. The van der Waals surface area contributed by atoms with Gasteiger partial charge in [0.1, 0.15) is 5.75 Å². The van der Waals surface area contributed by atoms with Crippen molar-refractivity contribution in [2.45, 2.75) is 38.3 Å². The molecule has 110 valence electrons. The molecule has 20 heavy (non-hydrogen) atoms. The van der Waals surface area contributed by atoms with Gasteiger partial charge in [0.2, 0.25) is 0 Å². The fourth-order valence-corrected chi connectivity index (χ4v) is 2.46. The minimum atomic E-state index is -0.503. The van der Waals surface area contributed by atoms with Crippen molar-refractivity contribution in [2.24, 2.45) is 0 Å². The minimum Gasteiger partial charge on any atom is -0.479 e. The average Bonchev–Trinajstić information content (AvgIpc) is 2.97. The Morgan fingerprint density at radius 1 is 1.55 bits per heavy atom. The highest BCUT2D eigenvalue weighted by molar-refractivity contribution is 6.32. The average molecular weight is 297 g/mol. The first-order valence-corrected chi connectivity index (χ1v) is 7.50. The Kier molecular flexibility index (Phi) is 5.68. The molecule has 1 aromatic carbocycles. The topological polar surface area (TPSA) is 50.4 Å². The van der Waals surface area contributed by atoms with Crippen molar-refractivity contribution >= 4 is 17.5 Å². The summed E-state index contributed by atoms with van der Waals surface area (Å²) in [5, 5.41) is 6.82. The predicted octanol–water partition coefficient (Wildman–Crippen LogP) is 2.37. The van der Waals surface area contributed by atoms with Crippen LogP contribution in [-0.4, -0.2) is 31.1 Å². The first kappa shape index (κ1) is 15.1. The van der Waals surface area contributed by atoms with Gasteiger partial charge in [0.15, 0.2) is 6.10 Å². The zero-order chi connectivity index (χ0) is 14.4. The molecule has 0 radical (unpaired) electrons. The van der Waals surface area contributed by atoms with E-state index in [4.69, 9.17) is 16.3 Å². The maximum atomic E-state index is 12.1. The smallest absolute Gasteiger partial charge is 0.261 e. The molecule has 1 fully saturated rings. The van der Waals surface area contributed by atoms with Crippen LogP contribution in [0.25, 0.3) is 0 Å². The normalized spacial score (nSPS) is 19.6. The second-order valence-electron chi connectivity index (χ2n) is 4.98. The van der Waals surface area contributed by atoms with Crippen LogP contribution < -0.4 is 15.4 Å². The molecule has 5 heteroatoms. The van der Waals surface area contributed by atoms with Gasteiger partial charge in [-0.3, -0.25) is 4.79 Å². The molecule has 1 aliphatic rings. The van der Waals surface area contributed by atoms with Crippen LogP contribution in [0, 0.1) is 0 Å². The molecular formula is C15H21ClN2O2. The Balaban J connectivity index is 1.87. The van der Waals surface area contributed by atoms with Crippen LogP contribution in [-0.2, 0) is 4.79 Å². The summed E-state index contributed by atoms with van der Waals surface area (Å²) in [5.41, 5.74) is 0. The van der Waals surface area contributed by atoms with E-state index in [-0.39, 0.29) is 5.91 Å². The number of hydrogen-bond acceptors (Lipinski definition) is 3. The molecule has 4 nitrogen and oxygen atoms in total. The van der Waals surface area contributed by atoms with Crippen LogP contribution in [0.15, 0.2) is 24.3 Å². The van der Waals surface area contributed by atoms with Crippen LogP contribution in [0.5, 0.6) is 5.75 Å². The Labute approximate surface area is 124 Å². The molecule has 0 bridgehead atoms. The number of carbonyl (C=O) groups is 1. The largest absolute Gasteiger partial charge is 0.479 e. The molecule has 2 N–H and O–H groups in total. The van der Waals surface area contributed by atoms with Gasteiger partial charge in [-0.05, 0) is 37.9 Å². The highest BCUT2D eigenvalue weighted by atomic mass is 35.5. The lowest BCUT2D eigenvalue weighted by atomic mass is 10.2. The van der Waals surface area contributed by atoms with Crippen molar-refractivity contribution in [2.75, 3.05) is 13.1 Å². The second kappa shape index (κ2) is 7.50. The minimum absolute atomic E-state index is 0.0823. The van der Waals surface area contributed by atoms with Crippen molar-refractivity contribution in [3.8, 4) is 5.75 Å². The van der Waals surface area contributed by atoms with Gasteiger partial charge in [-0.15, -0.1) is 0 Å². The monoisotopic (exact) mass is 296 g/mol. The number of hydrogen-bond donors (Lipinski definition) is 2. The lowest BCUT2D eigenvalue weighted by Gasteiger charge is -2.19. The zero-order valence-corrected chi connectivity index (χ0v) is 12.5. The maximum Gasteiger partial charge on any atom is 0.261 e. The molecule has 0 aliphatic carbocycles. The number of nitrogens with one attached hydrogen (secondary N) is 2. The molecule has 0 spiro atoms. The maximum absolute atomic E-state index is 12.1. The number of halogens is 1. The number of ether oxygens (including phenoxy) is 1. The van der Waals surface area contributed by atoms with Crippen LogP contribution in [0.1, 0.15) is 26.2 Å². The zero-order valence-electron chi connectivity index (χ0n) is 11.7. The molecule has 2 atom stereocenters. The van der Waals surface area contributed by atoms with Crippen molar-refractivity contribution in [1.82, 2.24) is 10.6 Å². The molecule has 1 aliphatic heterocycles. The number of rotatable bonds is 6. The summed E-state index contributed by atoms with van der Waals surface area (Å²) in [5.74, 6) is 0.469. The van der Waals surface area contributed by atoms with E-state index >= 15 is 0 Å². The number of benzene rings is 1. The van der Waals surface area contributed by atoms with Crippen LogP contribution in [0.2, 0.25) is 5.02 Å². The third-order valence-corrected chi connectivity index (χ3v) is 3.77. The molecule has 0 saturated carbocycles. The van der Waals surface area contributed by atoms with E-state index in [1.807, 2.05) is 19.1 Å². The third kappa shape index (κ3) is 4.12. The van der Waals surface area contributed by atoms with Gasteiger partial charge in [0.05, 0.1) is 5.02 Å². The number of amides is 1. The molecular weight excluding hydrogens is 276 g/mol. The highest BCUT2D eigenvalue weighted by Crippen LogP contribution is 2.24. The van der Waals surface area contributed by atoms with Gasteiger partial charge in [-0.25, -0.2) is 0 Å². The van der Waals surface area contributed by atoms with E-state index in [2.05, 4.69) is 10.6 Å². The van der Waals surface area contributed by atoms with Gasteiger partial charge < -0.3 is 15.4 Å². The summed E-state index contributed by atoms with van der Waals surface area (Å²) in [6.45, 7) is 3.62. The van der Waals surface area contributed by atoms with E-state index in [9.17, 15) is 4.79 Å². The van der Waals surface area contributed by atoms with Gasteiger partial charge in [-0.1, -0.05) is 30.7 Å². The van der Waals surface area contributed by atoms with Crippen molar-refractivity contribution in [1.29, 1.82) is 0 Å². The van der Waals surface area contributed by atoms with Crippen molar-refractivity contribution in [3.63, 3.8) is 0 Å². The number of carbonyl (C=O) groups excluding carboxylic acids is 1. The Morgan fingerprint density at radius 3 is 3.00 bits per heavy atom. The summed E-state index contributed by atoms with van der Waals surface area (Å²) in [4.78, 5) is 12.1. The molecule has 1 aromatic rings. The second-order valence-corrected chi connectivity index (χ2v) is 5.39. The molecule has 1 amide bonds. The van der Waals surface area contributed by atoms with E-state index in [1.54, 1.807) is 12.1 Å². The fraction of sp³-hybridized carbons (Fsp3) is 0.533. The van der Waals surface area contributed by atoms with Gasteiger partial charge in [-0.2, -0.15) is 0 Å². The van der Waals surface area contributed by atoms with Crippen molar-refractivity contribution < 1.29 is 9.53 Å². The summed E-state index contributed by atoms with van der Waals surface area (Å²) in [7, 11) is 0. The predicted molar refractivity (Wildman–Crippen MR) is 80.2 cm³/mol. The summed E-state index contributed by atoms with van der Waals surface area (Å²) < 4.78 is 5.71. The lowest BCUT2D eigenvalue weighted by Crippen LogP contribution is -2.43. The molecule has 1 heterocycles. The van der Waals surface area contributed by atoms with Crippen LogP contribution >= 0.6 is 11.6 Å². The summed E-state index contributed by atoms with van der Waals surface area (Å²) >= 11 is 6.04. The quantitative estimate of drug-likeness (QED) is 0.847. The van der Waals surface area contributed by atoms with Crippen LogP contribution in [0.3, 0.4) is 0 Å². The molecule has 2 rings (SSSR count). The van der Waals surface area contributed by atoms with E-state index in [0.717, 1.165) is 13.0 Å². The first-order chi connectivity index (χ1) is 9.70. The third-order valence-electron chi connectivity index (χ3n) is 3.45. The van der Waals surface area contributed by atoms with E-state index < -0.39 is 6.10 Å². The highest BCUT2D eigenvalue weighted by Gasteiger charge is 2.21. The molecule has 0 aromatic heterocycles. The van der Waals surface area contributed by atoms with E-state index in [1.165, 1.54) is 6.42 Å². The number of para-hydroxylation sites is 1. The summed E-state index contributed by atoms with van der Waals surface area (Å²) in [6.07, 6.45) is 2.39. The fourth-order valence-electron chi connectivity index (χ4n) is 2.28. The van der Waals surface area contributed by atoms with Gasteiger partial charge >= 0.3 is 0 Å². The molecule has 2 unspecified atom stereocenters. The van der Waals surface area contributed by atoms with Crippen molar-refractivity contribution in [3.05, 3.63) is 29.3 Å².